The van der Waals surface area contributed by atoms with E-state index in [1.54, 1.807) is 0 Å². The van der Waals surface area contributed by atoms with E-state index in [0.29, 0.717) is 11.7 Å². The van der Waals surface area contributed by atoms with Crippen LogP contribution < -0.4 is 10.6 Å². The maximum atomic E-state index is 6.16. The lowest BCUT2D eigenvalue weighted by Gasteiger charge is -2.35. The maximum Gasteiger partial charge on any atom is 0.249 e. The van der Waals surface area contributed by atoms with E-state index in [4.69, 9.17) is 10.3 Å². The van der Waals surface area contributed by atoms with E-state index in [-0.39, 0.29) is 18.4 Å². The molecule has 2 aromatic carbocycles. The Kier molecular flexibility index (Phi) is 5.18. The Morgan fingerprint density at radius 2 is 1.96 bits per heavy atom. The van der Waals surface area contributed by atoms with Crippen molar-refractivity contribution in [1.82, 2.24) is 10.1 Å². The summed E-state index contributed by atoms with van der Waals surface area (Å²) < 4.78 is 5.60. The van der Waals surface area contributed by atoms with Gasteiger partial charge in [-0.1, -0.05) is 35.5 Å². The normalized spacial score (nSPS) is 14.5. The molecular weight excluding hydrogens is 348 g/mol. The van der Waals surface area contributed by atoms with Gasteiger partial charge >= 0.3 is 0 Å². The molecule has 26 heavy (non-hydrogen) atoms. The quantitative estimate of drug-likeness (QED) is 0.684. The van der Waals surface area contributed by atoms with Gasteiger partial charge in [0.25, 0.3) is 0 Å². The van der Waals surface area contributed by atoms with Gasteiger partial charge in [0.15, 0.2) is 0 Å². The summed E-state index contributed by atoms with van der Waals surface area (Å²) in [6, 6.07) is 14.2. The highest BCUT2D eigenvalue weighted by Crippen LogP contribution is 2.36. The van der Waals surface area contributed by atoms with Crippen LogP contribution in [0.1, 0.15) is 36.4 Å². The number of hydrogen-bond donors (Lipinski definition) is 1. The van der Waals surface area contributed by atoms with Gasteiger partial charge in [0.2, 0.25) is 11.7 Å². The minimum atomic E-state index is 0. The van der Waals surface area contributed by atoms with Crippen molar-refractivity contribution in [1.29, 1.82) is 0 Å². The van der Waals surface area contributed by atoms with Crippen LogP contribution >= 0.6 is 12.4 Å². The molecule has 0 bridgehead atoms. The summed E-state index contributed by atoms with van der Waals surface area (Å²) in [6.45, 7) is 5.12. The fourth-order valence-electron chi connectivity index (χ4n) is 3.55. The molecule has 1 aromatic heterocycles. The second-order valence-corrected chi connectivity index (χ2v) is 6.59. The molecule has 3 aromatic rings. The van der Waals surface area contributed by atoms with Gasteiger partial charge in [0.1, 0.15) is 6.04 Å². The van der Waals surface area contributed by atoms with Crippen LogP contribution in [0.25, 0.3) is 11.4 Å². The average molecular weight is 371 g/mol. The van der Waals surface area contributed by atoms with Crippen molar-refractivity contribution in [2.45, 2.75) is 32.7 Å². The van der Waals surface area contributed by atoms with Crippen molar-refractivity contribution in [3.8, 4) is 11.4 Å². The molecule has 0 spiro atoms. The topological polar surface area (TPSA) is 68.2 Å². The van der Waals surface area contributed by atoms with Crippen molar-refractivity contribution in [2.75, 3.05) is 17.2 Å². The summed E-state index contributed by atoms with van der Waals surface area (Å²) in [5.41, 5.74) is 11.6. The summed E-state index contributed by atoms with van der Waals surface area (Å²) in [4.78, 5) is 6.97. The molecular formula is C20H23ClN4O. The third-order valence-electron chi connectivity index (χ3n) is 4.98. The molecule has 0 saturated heterocycles. The van der Waals surface area contributed by atoms with E-state index in [1.807, 2.05) is 30.3 Å². The van der Waals surface area contributed by atoms with Gasteiger partial charge in [0.05, 0.1) is 0 Å². The number of rotatable bonds is 3. The number of benzene rings is 2. The van der Waals surface area contributed by atoms with Crippen molar-refractivity contribution in [3.05, 3.63) is 59.5 Å². The monoisotopic (exact) mass is 370 g/mol. The predicted octanol–water partition coefficient (Wildman–Crippen LogP) is 4.56. The molecule has 5 nitrogen and oxygen atoms in total. The largest absolute Gasteiger partial charge is 0.398 e. The first-order valence-electron chi connectivity index (χ1n) is 8.69. The third-order valence-corrected chi connectivity index (χ3v) is 4.98. The molecule has 0 radical (unpaired) electrons. The minimum Gasteiger partial charge on any atom is -0.398 e. The molecule has 1 aliphatic rings. The molecule has 4 rings (SSSR count). The molecule has 1 unspecified atom stereocenters. The zero-order chi connectivity index (χ0) is 17.4. The second kappa shape index (κ2) is 7.38. The number of fused-ring (bicyclic) bond motifs is 1. The predicted molar refractivity (Wildman–Crippen MR) is 107 cm³/mol. The van der Waals surface area contributed by atoms with E-state index < -0.39 is 0 Å². The molecule has 136 valence electrons. The third kappa shape index (κ3) is 3.15. The molecule has 2 heterocycles. The molecule has 0 aliphatic carbocycles. The van der Waals surface area contributed by atoms with Crippen LogP contribution in [0, 0.1) is 6.92 Å². The lowest BCUT2D eigenvalue weighted by molar-refractivity contribution is 0.353. The number of aryl methyl sites for hydroxylation is 1. The van der Waals surface area contributed by atoms with Gasteiger partial charge in [-0.2, -0.15) is 4.98 Å². The van der Waals surface area contributed by atoms with Gasteiger partial charge in [-0.15, -0.1) is 12.4 Å². The van der Waals surface area contributed by atoms with Gasteiger partial charge in [-0.05, 0) is 49.9 Å². The molecule has 0 amide bonds. The molecule has 1 aliphatic heterocycles. The molecule has 0 saturated carbocycles. The summed E-state index contributed by atoms with van der Waals surface area (Å²) in [6.07, 6.45) is 2.09. The van der Waals surface area contributed by atoms with Gasteiger partial charge in [-0.3, -0.25) is 0 Å². The maximum absolute atomic E-state index is 6.16. The summed E-state index contributed by atoms with van der Waals surface area (Å²) >= 11 is 0. The number of halogens is 1. The van der Waals surface area contributed by atoms with Gasteiger partial charge < -0.3 is 15.2 Å². The molecule has 6 heteroatoms. The number of nitrogens with zero attached hydrogens (tertiary/aromatic N) is 3. The van der Waals surface area contributed by atoms with Crippen molar-refractivity contribution >= 4 is 23.8 Å². The fraction of sp³-hybridized carbons (Fsp3) is 0.300. The van der Waals surface area contributed by atoms with Crippen molar-refractivity contribution in [2.24, 2.45) is 0 Å². The van der Waals surface area contributed by atoms with E-state index in [1.165, 1.54) is 11.3 Å². The zero-order valence-corrected chi connectivity index (χ0v) is 15.8. The second-order valence-electron chi connectivity index (χ2n) is 6.59. The van der Waals surface area contributed by atoms with E-state index in [0.717, 1.165) is 36.2 Å². The van der Waals surface area contributed by atoms with Crippen LogP contribution in [0.15, 0.2) is 47.0 Å². The Balaban J connectivity index is 0.00000196. The first-order valence-corrected chi connectivity index (χ1v) is 8.69. The Labute approximate surface area is 159 Å². The van der Waals surface area contributed by atoms with E-state index in [9.17, 15) is 0 Å². The molecule has 2 N–H and O–H groups in total. The van der Waals surface area contributed by atoms with Crippen LogP contribution in [-0.4, -0.2) is 16.7 Å². The molecule has 0 fully saturated rings. The standard InChI is InChI=1S/C20H22N4O.ClH/c1-13-7-3-4-8-15(13)19-22-20(25-23-19)14(2)24-12-6-9-16-17(21)10-5-11-18(16)24;/h3-5,7-8,10-11,14H,6,9,12,21H2,1-2H3;1H. The highest BCUT2D eigenvalue weighted by atomic mass is 35.5. The number of nitrogen functional groups attached to an aromatic ring is 1. The van der Waals surface area contributed by atoms with Crippen LogP contribution in [0.4, 0.5) is 11.4 Å². The number of hydrogen-bond acceptors (Lipinski definition) is 5. The Hall–Kier alpha value is -2.53. The number of aromatic nitrogens is 2. The molecule has 1 atom stereocenters. The van der Waals surface area contributed by atoms with Gasteiger partial charge in [0, 0.05) is 23.5 Å². The summed E-state index contributed by atoms with van der Waals surface area (Å²) in [5, 5.41) is 4.20. The van der Waals surface area contributed by atoms with E-state index in [2.05, 4.69) is 41.0 Å². The fourth-order valence-corrected chi connectivity index (χ4v) is 3.55. The highest BCUT2D eigenvalue weighted by Gasteiger charge is 2.27. The average Bonchev–Trinajstić information content (AvgIpc) is 3.11. The summed E-state index contributed by atoms with van der Waals surface area (Å²) in [5.74, 6) is 1.28. The van der Waals surface area contributed by atoms with Crippen molar-refractivity contribution in [3.63, 3.8) is 0 Å². The van der Waals surface area contributed by atoms with Crippen LogP contribution in [0.3, 0.4) is 0 Å². The van der Waals surface area contributed by atoms with Crippen LogP contribution in [0.5, 0.6) is 0 Å². The highest BCUT2D eigenvalue weighted by molar-refractivity contribution is 5.85. The number of nitrogens with two attached hydrogens (primary N) is 1. The Morgan fingerprint density at radius 1 is 1.15 bits per heavy atom. The number of anilines is 2. The Bertz CT molecular complexity index is 908. The van der Waals surface area contributed by atoms with Crippen LogP contribution in [0.2, 0.25) is 0 Å². The Morgan fingerprint density at radius 3 is 2.77 bits per heavy atom. The van der Waals surface area contributed by atoms with Gasteiger partial charge in [-0.25, -0.2) is 0 Å². The van der Waals surface area contributed by atoms with E-state index >= 15 is 0 Å². The lowest BCUT2D eigenvalue weighted by Crippen LogP contribution is -2.32. The van der Waals surface area contributed by atoms with Crippen LogP contribution in [-0.2, 0) is 6.42 Å². The summed E-state index contributed by atoms with van der Waals surface area (Å²) in [7, 11) is 0. The zero-order valence-electron chi connectivity index (χ0n) is 15.0. The first-order chi connectivity index (χ1) is 12.1. The van der Waals surface area contributed by atoms with Crippen molar-refractivity contribution < 1.29 is 4.52 Å². The minimum absolute atomic E-state index is 0. The SMILES string of the molecule is Cc1ccccc1-c1noc(C(C)N2CCCc3c(N)cccc32)n1.Cl. The lowest BCUT2D eigenvalue weighted by atomic mass is 9.98. The smallest absolute Gasteiger partial charge is 0.249 e. The first kappa shape index (κ1) is 18.3.